The maximum atomic E-state index is 13.8. The van der Waals surface area contributed by atoms with Crippen molar-refractivity contribution in [1.29, 1.82) is 0 Å². The normalized spacial score (nSPS) is 13.2. The number of halogens is 2. The van der Waals surface area contributed by atoms with Gasteiger partial charge in [0.25, 0.3) is 0 Å². The van der Waals surface area contributed by atoms with Crippen LogP contribution in [0.5, 0.6) is 0 Å². The molecular weight excluding hydrogens is 306 g/mol. The zero-order valence-corrected chi connectivity index (χ0v) is 15.8. The van der Waals surface area contributed by atoms with E-state index in [1.807, 2.05) is 0 Å². The Kier molecular flexibility index (Phi) is 9.50. The van der Waals surface area contributed by atoms with Crippen molar-refractivity contribution in [3.05, 3.63) is 35.4 Å². The fourth-order valence-corrected chi connectivity index (χ4v) is 3.23. The second-order valence-corrected chi connectivity index (χ2v) is 7.34. The van der Waals surface area contributed by atoms with Crippen LogP contribution in [0.4, 0.5) is 8.78 Å². The Morgan fingerprint density at radius 1 is 1.00 bits per heavy atom. The first-order valence-electron chi connectivity index (χ1n) is 9.39. The molecule has 1 aromatic rings. The van der Waals surface area contributed by atoms with Gasteiger partial charge in [0, 0.05) is 13.2 Å². The first-order chi connectivity index (χ1) is 11.4. The van der Waals surface area contributed by atoms with Crippen LogP contribution in [0.25, 0.3) is 0 Å². The molecule has 1 nitrogen and oxygen atoms in total. The number of aryl methyl sites for hydroxylation is 1. The van der Waals surface area contributed by atoms with Gasteiger partial charge in [-0.2, -0.15) is 0 Å². The molecule has 0 aliphatic heterocycles. The summed E-state index contributed by atoms with van der Waals surface area (Å²) in [5.41, 5.74) is 0.371. The van der Waals surface area contributed by atoms with E-state index < -0.39 is 11.6 Å². The van der Waals surface area contributed by atoms with Crippen molar-refractivity contribution < 1.29 is 13.5 Å². The average Bonchev–Trinajstić information content (AvgIpc) is 2.54. The van der Waals surface area contributed by atoms with Gasteiger partial charge in [-0.05, 0) is 50.7 Å². The van der Waals surface area contributed by atoms with Gasteiger partial charge >= 0.3 is 0 Å². The molecule has 0 saturated heterocycles. The Labute approximate surface area is 146 Å². The molecule has 1 aromatic carbocycles. The summed E-state index contributed by atoms with van der Waals surface area (Å²) in [5.74, 6) is -0.584. The topological polar surface area (TPSA) is 9.23 Å². The lowest BCUT2D eigenvalue weighted by molar-refractivity contribution is -0.0344. The van der Waals surface area contributed by atoms with Crippen molar-refractivity contribution in [2.45, 2.75) is 84.2 Å². The van der Waals surface area contributed by atoms with Crippen LogP contribution in [-0.4, -0.2) is 12.7 Å². The summed E-state index contributed by atoms with van der Waals surface area (Å²) in [6.07, 6.45) is 10.2. The van der Waals surface area contributed by atoms with Crippen LogP contribution < -0.4 is 0 Å². The summed E-state index contributed by atoms with van der Waals surface area (Å²) in [7, 11) is 1.74. The van der Waals surface area contributed by atoms with Crippen LogP contribution in [0.2, 0.25) is 0 Å². The fourth-order valence-electron chi connectivity index (χ4n) is 3.23. The maximum Gasteiger partial charge on any atom is 0.129 e. The highest BCUT2D eigenvalue weighted by Gasteiger charge is 2.28. The highest BCUT2D eigenvalue weighted by atomic mass is 19.1. The highest BCUT2D eigenvalue weighted by molar-refractivity contribution is 5.18. The van der Waals surface area contributed by atoms with Crippen LogP contribution in [0, 0.1) is 17.6 Å². The van der Waals surface area contributed by atoms with Crippen molar-refractivity contribution in [1.82, 2.24) is 0 Å². The van der Waals surface area contributed by atoms with E-state index in [4.69, 9.17) is 4.74 Å². The van der Waals surface area contributed by atoms with Gasteiger partial charge in [-0.15, -0.1) is 0 Å². The summed E-state index contributed by atoms with van der Waals surface area (Å²) in [6, 6.07) is 3.87. The lowest BCUT2D eigenvalue weighted by Gasteiger charge is -2.33. The molecule has 0 spiro atoms. The first kappa shape index (κ1) is 21.1. The number of hydrogen-bond acceptors (Lipinski definition) is 1. The highest BCUT2D eigenvalue weighted by Crippen LogP contribution is 2.30. The maximum absolute atomic E-state index is 13.8. The van der Waals surface area contributed by atoms with E-state index in [9.17, 15) is 8.78 Å². The molecule has 0 aliphatic rings. The third-order valence-corrected chi connectivity index (χ3v) is 5.19. The summed E-state index contributed by atoms with van der Waals surface area (Å²) < 4.78 is 32.5. The van der Waals surface area contributed by atoms with Gasteiger partial charge in [-0.3, -0.25) is 0 Å². The second kappa shape index (κ2) is 10.8. The van der Waals surface area contributed by atoms with Gasteiger partial charge in [0.15, 0.2) is 0 Å². The SMILES string of the molecule is CCCCCCCCC(CCc1ccc(F)cc1F)C(C)(C)OC. The number of hydrogen-bond donors (Lipinski definition) is 0. The van der Waals surface area contributed by atoms with Gasteiger partial charge in [0.05, 0.1) is 5.60 Å². The Morgan fingerprint density at radius 2 is 1.67 bits per heavy atom. The van der Waals surface area contributed by atoms with E-state index in [0.717, 1.165) is 18.9 Å². The molecule has 0 aliphatic carbocycles. The van der Waals surface area contributed by atoms with Crippen molar-refractivity contribution in [3.8, 4) is 0 Å². The number of rotatable bonds is 12. The number of unbranched alkanes of at least 4 members (excludes halogenated alkanes) is 5. The first-order valence-corrected chi connectivity index (χ1v) is 9.39. The lowest BCUT2D eigenvalue weighted by atomic mass is 9.82. The summed E-state index contributed by atoms with van der Waals surface area (Å²) in [6.45, 7) is 6.44. The lowest BCUT2D eigenvalue weighted by Crippen LogP contribution is -2.33. The van der Waals surface area contributed by atoms with Gasteiger partial charge in [0.2, 0.25) is 0 Å². The van der Waals surface area contributed by atoms with Crippen molar-refractivity contribution >= 4 is 0 Å². The third kappa shape index (κ3) is 7.29. The minimum atomic E-state index is -0.517. The zero-order valence-electron chi connectivity index (χ0n) is 15.8. The van der Waals surface area contributed by atoms with Gasteiger partial charge in [-0.25, -0.2) is 8.78 Å². The number of methoxy groups -OCH3 is 1. The van der Waals surface area contributed by atoms with E-state index in [1.165, 1.54) is 44.6 Å². The molecule has 0 bridgehead atoms. The molecule has 0 saturated carbocycles. The standard InChI is InChI=1S/C21H34F2O/c1-5-6-7-8-9-10-11-18(21(2,3)24-4)14-12-17-13-15-19(22)16-20(17)23/h13,15-16,18H,5-12,14H2,1-4H3. The van der Waals surface area contributed by atoms with Gasteiger partial charge in [-0.1, -0.05) is 51.5 Å². The molecule has 138 valence electrons. The van der Waals surface area contributed by atoms with Crippen LogP contribution in [-0.2, 0) is 11.2 Å². The Balaban J connectivity index is 2.53. The van der Waals surface area contributed by atoms with Crippen LogP contribution >= 0.6 is 0 Å². The smallest absolute Gasteiger partial charge is 0.129 e. The summed E-state index contributed by atoms with van der Waals surface area (Å²) in [4.78, 5) is 0. The third-order valence-electron chi connectivity index (χ3n) is 5.19. The molecule has 0 aromatic heterocycles. The fraction of sp³-hybridized carbons (Fsp3) is 0.714. The minimum absolute atomic E-state index is 0.222. The van der Waals surface area contributed by atoms with E-state index in [1.54, 1.807) is 13.2 Å². The van der Waals surface area contributed by atoms with Crippen molar-refractivity contribution in [3.63, 3.8) is 0 Å². The predicted molar refractivity (Wildman–Crippen MR) is 97.3 cm³/mol. The molecule has 0 amide bonds. The second-order valence-electron chi connectivity index (χ2n) is 7.34. The monoisotopic (exact) mass is 340 g/mol. The molecule has 0 N–H and O–H groups in total. The summed E-state index contributed by atoms with van der Waals surface area (Å²) in [5, 5.41) is 0. The van der Waals surface area contributed by atoms with Crippen LogP contribution in [0.3, 0.4) is 0 Å². The molecule has 1 rings (SSSR count). The summed E-state index contributed by atoms with van der Waals surface area (Å²) >= 11 is 0. The molecule has 1 unspecified atom stereocenters. The molecule has 0 heterocycles. The molecule has 0 fully saturated rings. The molecular formula is C21H34F2O. The van der Waals surface area contributed by atoms with Gasteiger partial charge in [0.1, 0.15) is 11.6 Å². The molecule has 1 atom stereocenters. The van der Waals surface area contributed by atoms with E-state index >= 15 is 0 Å². The minimum Gasteiger partial charge on any atom is -0.379 e. The van der Waals surface area contributed by atoms with E-state index in [-0.39, 0.29) is 5.60 Å². The van der Waals surface area contributed by atoms with Crippen molar-refractivity contribution in [2.24, 2.45) is 5.92 Å². The predicted octanol–water partition coefficient (Wildman–Crippen LogP) is 6.69. The van der Waals surface area contributed by atoms with Crippen LogP contribution in [0.15, 0.2) is 18.2 Å². The van der Waals surface area contributed by atoms with Crippen molar-refractivity contribution in [2.75, 3.05) is 7.11 Å². The number of ether oxygens (including phenoxy) is 1. The van der Waals surface area contributed by atoms with Crippen LogP contribution in [0.1, 0.15) is 77.7 Å². The molecule has 3 heteroatoms. The Hall–Kier alpha value is -0.960. The van der Waals surface area contributed by atoms with Gasteiger partial charge < -0.3 is 4.74 Å². The van der Waals surface area contributed by atoms with E-state index in [2.05, 4.69) is 20.8 Å². The zero-order chi connectivity index (χ0) is 18.0. The molecule has 24 heavy (non-hydrogen) atoms. The van der Waals surface area contributed by atoms with E-state index in [0.29, 0.717) is 17.9 Å². The average molecular weight is 340 g/mol. The Morgan fingerprint density at radius 3 is 2.29 bits per heavy atom. The molecule has 0 radical (unpaired) electrons. The quantitative estimate of drug-likeness (QED) is 0.385. The number of benzene rings is 1. The Bertz CT molecular complexity index is 471. The largest absolute Gasteiger partial charge is 0.379 e.